The fourth-order valence-corrected chi connectivity index (χ4v) is 3.34. The fraction of sp³-hybridized carbons (Fsp3) is 0.368. The molecule has 1 fully saturated rings. The number of nitrogens with one attached hydrogen (secondary N) is 1. The number of aromatic nitrogens is 3. The Morgan fingerprint density at radius 3 is 2.84 bits per heavy atom. The van der Waals surface area contributed by atoms with Crippen molar-refractivity contribution in [2.24, 2.45) is 7.05 Å². The lowest BCUT2D eigenvalue weighted by molar-refractivity contribution is 0.122. The van der Waals surface area contributed by atoms with Gasteiger partial charge in [0.2, 0.25) is 0 Å². The van der Waals surface area contributed by atoms with Crippen molar-refractivity contribution in [1.29, 1.82) is 0 Å². The molecule has 4 rings (SSSR count). The van der Waals surface area contributed by atoms with Gasteiger partial charge in [-0.25, -0.2) is 4.68 Å². The standard InChI is InChI=1S/C19H23N5O/c1-14-6-7-16(24-8-10-25-11-9-24)12-18(14)20-13-15-4-3-5-17-19(15)23(2)22-21-17/h3-7,12,20H,8-11,13H2,1-2H3. The molecular formula is C19H23N5O. The monoisotopic (exact) mass is 337 g/mol. The van der Waals surface area contributed by atoms with Crippen LogP contribution in [0, 0.1) is 6.92 Å². The zero-order valence-electron chi connectivity index (χ0n) is 14.7. The van der Waals surface area contributed by atoms with E-state index >= 15 is 0 Å². The van der Waals surface area contributed by atoms with Crippen molar-refractivity contribution in [2.75, 3.05) is 36.5 Å². The van der Waals surface area contributed by atoms with Crippen LogP contribution >= 0.6 is 0 Å². The Kier molecular flexibility index (Phi) is 4.28. The number of benzene rings is 2. The summed E-state index contributed by atoms with van der Waals surface area (Å²) in [7, 11) is 1.93. The molecule has 1 saturated heterocycles. The summed E-state index contributed by atoms with van der Waals surface area (Å²) in [4.78, 5) is 2.37. The van der Waals surface area contributed by atoms with Crippen molar-refractivity contribution in [2.45, 2.75) is 13.5 Å². The first-order chi connectivity index (χ1) is 12.2. The second-order valence-electron chi connectivity index (χ2n) is 6.45. The van der Waals surface area contributed by atoms with Crippen LogP contribution in [0.3, 0.4) is 0 Å². The highest BCUT2D eigenvalue weighted by Crippen LogP contribution is 2.25. The van der Waals surface area contributed by atoms with Crippen LogP contribution in [-0.2, 0) is 18.3 Å². The molecule has 1 aliphatic heterocycles. The number of anilines is 2. The van der Waals surface area contributed by atoms with Gasteiger partial charge in [-0.15, -0.1) is 5.10 Å². The van der Waals surface area contributed by atoms with Crippen molar-refractivity contribution >= 4 is 22.4 Å². The third-order valence-corrected chi connectivity index (χ3v) is 4.78. The Morgan fingerprint density at radius 1 is 1.16 bits per heavy atom. The van der Waals surface area contributed by atoms with E-state index in [2.05, 4.69) is 51.7 Å². The highest BCUT2D eigenvalue weighted by molar-refractivity contribution is 5.78. The van der Waals surface area contributed by atoms with E-state index in [-0.39, 0.29) is 0 Å². The van der Waals surface area contributed by atoms with E-state index in [0.29, 0.717) is 0 Å². The molecule has 0 aliphatic carbocycles. The van der Waals surface area contributed by atoms with Crippen LogP contribution in [0.5, 0.6) is 0 Å². The van der Waals surface area contributed by atoms with E-state index in [4.69, 9.17) is 4.74 Å². The van der Waals surface area contributed by atoms with Gasteiger partial charge >= 0.3 is 0 Å². The van der Waals surface area contributed by atoms with E-state index in [0.717, 1.165) is 49.6 Å². The Morgan fingerprint density at radius 2 is 2.00 bits per heavy atom. The average Bonchev–Trinajstić information content (AvgIpc) is 3.04. The lowest BCUT2D eigenvalue weighted by Crippen LogP contribution is -2.36. The summed E-state index contributed by atoms with van der Waals surface area (Å²) in [6.45, 7) is 6.37. The average molecular weight is 337 g/mol. The van der Waals surface area contributed by atoms with Gasteiger partial charge in [0.1, 0.15) is 5.52 Å². The Balaban J connectivity index is 1.56. The van der Waals surface area contributed by atoms with Crippen LogP contribution in [0.25, 0.3) is 11.0 Å². The van der Waals surface area contributed by atoms with Gasteiger partial charge in [-0.1, -0.05) is 23.4 Å². The van der Waals surface area contributed by atoms with Crippen molar-refractivity contribution < 1.29 is 4.74 Å². The maximum Gasteiger partial charge on any atom is 0.113 e. The summed E-state index contributed by atoms with van der Waals surface area (Å²) in [5.74, 6) is 0. The largest absolute Gasteiger partial charge is 0.381 e. The minimum Gasteiger partial charge on any atom is -0.381 e. The summed E-state index contributed by atoms with van der Waals surface area (Å²) < 4.78 is 7.29. The molecule has 0 atom stereocenters. The quantitative estimate of drug-likeness (QED) is 0.793. The zero-order valence-corrected chi connectivity index (χ0v) is 14.7. The number of rotatable bonds is 4. The Hall–Kier alpha value is -2.60. The number of ether oxygens (including phenoxy) is 1. The smallest absolute Gasteiger partial charge is 0.113 e. The van der Waals surface area contributed by atoms with Crippen LogP contribution in [-0.4, -0.2) is 41.3 Å². The van der Waals surface area contributed by atoms with Crippen LogP contribution in [0.15, 0.2) is 36.4 Å². The molecule has 0 saturated carbocycles. The normalized spacial score (nSPS) is 14.9. The van der Waals surface area contributed by atoms with E-state index < -0.39 is 0 Å². The summed E-state index contributed by atoms with van der Waals surface area (Å²) in [5, 5.41) is 11.9. The Labute approximate surface area is 147 Å². The number of hydrogen-bond donors (Lipinski definition) is 1. The molecule has 0 spiro atoms. The number of aryl methyl sites for hydroxylation is 2. The molecule has 0 radical (unpaired) electrons. The van der Waals surface area contributed by atoms with Gasteiger partial charge in [-0.2, -0.15) is 0 Å². The van der Waals surface area contributed by atoms with Gasteiger partial charge in [-0.3, -0.25) is 0 Å². The zero-order chi connectivity index (χ0) is 17.2. The molecule has 2 aromatic carbocycles. The third-order valence-electron chi connectivity index (χ3n) is 4.78. The predicted molar refractivity (Wildman–Crippen MR) is 100 cm³/mol. The maximum atomic E-state index is 5.45. The third kappa shape index (κ3) is 3.17. The first kappa shape index (κ1) is 15.9. The van der Waals surface area contributed by atoms with Crippen molar-refractivity contribution in [3.05, 3.63) is 47.5 Å². The van der Waals surface area contributed by atoms with Crippen molar-refractivity contribution in [3.8, 4) is 0 Å². The lowest BCUT2D eigenvalue weighted by Gasteiger charge is -2.29. The van der Waals surface area contributed by atoms with Crippen molar-refractivity contribution in [3.63, 3.8) is 0 Å². The maximum absolute atomic E-state index is 5.45. The summed E-state index contributed by atoms with van der Waals surface area (Å²) >= 11 is 0. The molecule has 130 valence electrons. The molecule has 25 heavy (non-hydrogen) atoms. The van der Waals surface area contributed by atoms with E-state index in [9.17, 15) is 0 Å². The van der Waals surface area contributed by atoms with Crippen LogP contribution in [0.4, 0.5) is 11.4 Å². The van der Waals surface area contributed by atoms with Gasteiger partial charge in [0.25, 0.3) is 0 Å². The minimum absolute atomic E-state index is 0.742. The van der Waals surface area contributed by atoms with Gasteiger partial charge in [0.15, 0.2) is 0 Å². The first-order valence-electron chi connectivity index (χ1n) is 8.67. The SMILES string of the molecule is Cc1ccc(N2CCOCC2)cc1NCc1cccc2nnn(C)c12. The van der Waals surface area contributed by atoms with Gasteiger partial charge < -0.3 is 15.0 Å². The van der Waals surface area contributed by atoms with Gasteiger partial charge in [0, 0.05) is 38.1 Å². The Bertz CT molecular complexity index is 883. The molecule has 3 aromatic rings. The molecule has 6 heteroatoms. The van der Waals surface area contributed by atoms with Crippen LogP contribution in [0.1, 0.15) is 11.1 Å². The second kappa shape index (κ2) is 6.72. The molecule has 0 amide bonds. The first-order valence-corrected chi connectivity index (χ1v) is 8.67. The highest BCUT2D eigenvalue weighted by Gasteiger charge is 2.13. The molecule has 0 bridgehead atoms. The minimum atomic E-state index is 0.742. The van der Waals surface area contributed by atoms with E-state index in [1.54, 1.807) is 0 Å². The molecule has 1 aromatic heterocycles. The number of nitrogens with zero attached hydrogens (tertiary/aromatic N) is 4. The van der Waals surface area contributed by atoms with Crippen molar-refractivity contribution in [1.82, 2.24) is 15.0 Å². The van der Waals surface area contributed by atoms with E-state index in [1.165, 1.54) is 16.8 Å². The van der Waals surface area contributed by atoms with Gasteiger partial charge in [-0.05, 0) is 36.2 Å². The van der Waals surface area contributed by atoms with Gasteiger partial charge in [0.05, 0.1) is 18.7 Å². The predicted octanol–water partition coefficient (Wildman–Crippen LogP) is 2.73. The fourth-order valence-electron chi connectivity index (χ4n) is 3.34. The molecule has 1 N–H and O–H groups in total. The number of morpholine rings is 1. The number of para-hydroxylation sites is 1. The molecule has 6 nitrogen and oxygen atoms in total. The van der Waals surface area contributed by atoms with E-state index in [1.807, 2.05) is 23.9 Å². The molecule has 0 unspecified atom stereocenters. The molecule has 2 heterocycles. The molecular weight excluding hydrogens is 314 g/mol. The highest BCUT2D eigenvalue weighted by atomic mass is 16.5. The summed E-state index contributed by atoms with van der Waals surface area (Å²) in [5.41, 5.74) is 6.86. The number of fused-ring (bicyclic) bond motifs is 1. The lowest BCUT2D eigenvalue weighted by atomic mass is 10.1. The van der Waals surface area contributed by atoms with Crippen LogP contribution < -0.4 is 10.2 Å². The second-order valence-corrected chi connectivity index (χ2v) is 6.45. The van der Waals surface area contributed by atoms with Crippen LogP contribution in [0.2, 0.25) is 0 Å². The topological polar surface area (TPSA) is 55.2 Å². The number of hydrogen-bond acceptors (Lipinski definition) is 5. The summed E-state index contributed by atoms with van der Waals surface area (Å²) in [6.07, 6.45) is 0. The summed E-state index contributed by atoms with van der Waals surface area (Å²) in [6, 6.07) is 12.8. The molecule has 1 aliphatic rings.